The monoisotopic (exact) mass is 268 g/mol. The van der Waals surface area contributed by atoms with Gasteiger partial charge in [0.25, 0.3) is 0 Å². The van der Waals surface area contributed by atoms with Gasteiger partial charge in [0.05, 0.1) is 5.71 Å². The topological polar surface area (TPSA) is 54.6 Å². The lowest BCUT2D eigenvalue weighted by Gasteiger charge is -2.34. The van der Waals surface area contributed by atoms with Crippen molar-refractivity contribution in [3.8, 4) is 11.9 Å². The number of benzene rings is 1. The third-order valence-electron chi connectivity index (χ3n) is 4.10. The third-order valence-corrected chi connectivity index (χ3v) is 4.10. The molecule has 3 rings (SSSR count). The predicted octanol–water partition coefficient (Wildman–Crippen LogP) is 0.793. The van der Waals surface area contributed by atoms with Gasteiger partial charge in [-0.25, -0.2) is 0 Å². The smallest absolute Gasteiger partial charge is 0.205 e. The van der Waals surface area contributed by atoms with Crippen LogP contribution in [0.25, 0.3) is 0 Å². The first-order valence-corrected chi connectivity index (χ1v) is 7.09. The Morgan fingerprint density at radius 2 is 2.10 bits per heavy atom. The number of hydrogen-bond donors (Lipinski definition) is 0. The van der Waals surface area contributed by atoms with Crippen LogP contribution in [0.2, 0.25) is 0 Å². The Labute approximate surface area is 119 Å². The molecule has 0 amide bonds. The van der Waals surface area contributed by atoms with Crippen LogP contribution >= 0.6 is 0 Å². The summed E-state index contributed by atoms with van der Waals surface area (Å²) in [5.41, 5.74) is 2.98. The number of nitriles is 1. The molecule has 2 aliphatic rings. The van der Waals surface area contributed by atoms with E-state index in [2.05, 4.69) is 4.99 Å². The van der Waals surface area contributed by atoms with Gasteiger partial charge in [0.2, 0.25) is 6.19 Å². The Morgan fingerprint density at radius 3 is 2.85 bits per heavy atom. The van der Waals surface area contributed by atoms with Crippen LogP contribution in [-0.4, -0.2) is 32.9 Å². The molecule has 4 nitrogen and oxygen atoms in total. The molecule has 0 radical (unpaired) electrons. The Hall–Kier alpha value is -1.80. The fourth-order valence-corrected chi connectivity index (χ4v) is 2.99. The molecular formula is C15H17BN2O2. The summed E-state index contributed by atoms with van der Waals surface area (Å²) in [6, 6.07) is 6.07. The summed E-state index contributed by atoms with van der Waals surface area (Å²) in [6.45, 7) is 1.60. The second-order valence-electron chi connectivity index (χ2n) is 5.47. The maximum absolute atomic E-state index is 8.91. The largest absolute Gasteiger partial charge is 0.489 e. The lowest BCUT2D eigenvalue weighted by molar-refractivity contribution is 0.0187. The van der Waals surface area contributed by atoms with Gasteiger partial charge in [-0.1, -0.05) is 17.6 Å². The van der Waals surface area contributed by atoms with E-state index >= 15 is 0 Å². The molecule has 5 heteroatoms. The quantitative estimate of drug-likeness (QED) is 0.559. The van der Waals surface area contributed by atoms with Gasteiger partial charge in [-0.3, -0.25) is 0 Å². The van der Waals surface area contributed by atoms with Crippen molar-refractivity contribution < 1.29 is 9.47 Å². The highest BCUT2D eigenvalue weighted by Crippen LogP contribution is 2.33. The van der Waals surface area contributed by atoms with Crippen molar-refractivity contribution >= 4 is 19.0 Å². The van der Waals surface area contributed by atoms with Crippen molar-refractivity contribution in [1.82, 2.24) is 0 Å². The van der Waals surface area contributed by atoms with Crippen LogP contribution in [-0.2, 0) is 4.74 Å². The van der Waals surface area contributed by atoms with Crippen LogP contribution in [0.5, 0.6) is 5.75 Å². The number of fused-ring (bicyclic) bond motifs is 1. The summed E-state index contributed by atoms with van der Waals surface area (Å²) < 4.78 is 11.6. The van der Waals surface area contributed by atoms with Gasteiger partial charge in [0.15, 0.2) is 0 Å². The van der Waals surface area contributed by atoms with Crippen molar-refractivity contribution in [3.05, 3.63) is 23.8 Å². The molecular weight excluding hydrogens is 251 g/mol. The first-order chi connectivity index (χ1) is 9.78. The van der Waals surface area contributed by atoms with Crippen molar-refractivity contribution in [2.45, 2.75) is 25.4 Å². The van der Waals surface area contributed by atoms with Crippen molar-refractivity contribution in [1.29, 1.82) is 5.26 Å². The average molecular weight is 268 g/mol. The van der Waals surface area contributed by atoms with E-state index in [1.54, 1.807) is 0 Å². The van der Waals surface area contributed by atoms with Crippen LogP contribution < -0.4 is 10.2 Å². The summed E-state index contributed by atoms with van der Waals surface area (Å²) >= 11 is 0. The molecule has 1 saturated heterocycles. The Bertz CT molecular complexity index is 574. The number of nitrogens with zero attached hydrogens (tertiary/aromatic N) is 2. The number of hydrogen-bond acceptors (Lipinski definition) is 4. The lowest BCUT2D eigenvalue weighted by Crippen LogP contribution is -2.37. The zero-order chi connectivity index (χ0) is 13.9. The molecule has 1 fully saturated rings. The summed E-state index contributed by atoms with van der Waals surface area (Å²) in [4.78, 5) is 4.02. The molecule has 1 unspecified atom stereocenters. The molecule has 0 bridgehead atoms. The highest BCUT2D eigenvalue weighted by molar-refractivity contribution is 6.33. The van der Waals surface area contributed by atoms with Crippen LogP contribution in [0.1, 0.15) is 24.8 Å². The molecule has 0 aromatic heterocycles. The molecule has 2 heterocycles. The zero-order valence-corrected chi connectivity index (χ0v) is 11.6. The minimum Gasteiger partial charge on any atom is -0.489 e. The van der Waals surface area contributed by atoms with Gasteiger partial charge < -0.3 is 9.47 Å². The normalized spacial score (nSPS) is 24.8. The number of ether oxygens (including phenoxy) is 2. The summed E-state index contributed by atoms with van der Waals surface area (Å²) in [5.74, 6) is 1.34. The maximum Gasteiger partial charge on any atom is 0.205 e. The van der Waals surface area contributed by atoms with Crippen molar-refractivity contribution in [3.63, 3.8) is 0 Å². The molecule has 20 heavy (non-hydrogen) atoms. The van der Waals surface area contributed by atoms with Gasteiger partial charge in [0, 0.05) is 31.1 Å². The fourth-order valence-electron chi connectivity index (χ4n) is 2.99. The molecule has 0 spiro atoms. The zero-order valence-electron chi connectivity index (χ0n) is 11.6. The summed E-state index contributed by atoms with van der Waals surface area (Å²) in [7, 11) is 2.04. The van der Waals surface area contributed by atoms with Crippen molar-refractivity contribution in [2.75, 3.05) is 13.2 Å². The second kappa shape index (κ2) is 5.68. The van der Waals surface area contributed by atoms with Crippen molar-refractivity contribution in [2.24, 2.45) is 10.9 Å². The first-order valence-electron chi connectivity index (χ1n) is 7.09. The van der Waals surface area contributed by atoms with Gasteiger partial charge in [-0.2, -0.15) is 10.3 Å². The number of aliphatic imine (C=N–C) groups is 1. The molecule has 0 N–H and O–H groups in total. The number of rotatable bonds is 1. The molecule has 0 aliphatic carbocycles. The maximum atomic E-state index is 8.91. The SMILES string of the molecule is Bc1ccc2c(c1)/C(=N/C#N)CC(C1CCOCC1)O2. The summed E-state index contributed by atoms with van der Waals surface area (Å²) in [6.07, 6.45) is 4.80. The lowest BCUT2D eigenvalue weighted by atomic mass is 9.85. The van der Waals surface area contributed by atoms with E-state index in [1.807, 2.05) is 32.2 Å². The molecule has 0 saturated carbocycles. The minimum atomic E-state index is 0.112. The molecule has 1 aromatic rings. The Kier molecular flexibility index (Phi) is 3.75. The van der Waals surface area contributed by atoms with Gasteiger partial charge in [-0.05, 0) is 18.9 Å². The standard InChI is InChI=1S/C15H17BN2O2/c16-11-1-2-14-12(7-11)13(18-9-17)8-15(20-14)10-3-5-19-6-4-10/h1-2,7,10,15H,3-6,8,16H2/b18-13+. The van der Waals surface area contributed by atoms with E-state index in [0.29, 0.717) is 12.3 Å². The van der Waals surface area contributed by atoms with E-state index in [4.69, 9.17) is 14.7 Å². The van der Waals surface area contributed by atoms with Gasteiger partial charge >= 0.3 is 0 Å². The van der Waals surface area contributed by atoms with E-state index in [0.717, 1.165) is 48.5 Å². The third kappa shape index (κ3) is 2.57. The van der Waals surface area contributed by atoms with Crippen LogP contribution in [0.15, 0.2) is 23.2 Å². The highest BCUT2D eigenvalue weighted by atomic mass is 16.5. The Morgan fingerprint density at radius 1 is 1.30 bits per heavy atom. The fraction of sp³-hybridized carbons (Fsp3) is 0.467. The first kappa shape index (κ1) is 13.2. The van der Waals surface area contributed by atoms with E-state index in [9.17, 15) is 0 Å². The molecule has 102 valence electrons. The van der Waals surface area contributed by atoms with Gasteiger partial charge in [-0.15, -0.1) is 0 Å². The second-order valence-corrected chi connectivity index (χ2v) is 5.47. The van der Waals surface area contributed by atoms with Crippen LogP contribution in [0, 0.1) is 17.4 Å². The van der Waals surface area contributed by atoms with E-state index < -0.39 is 0 Å². The molecule has 2 aliphatic heterocycles. The summed E-state index contributed by atoms with van der Waals surface area (Å²) in [5, 5.41) is 8.91. The molecule has 1 aromatic carbocycles. The minimum absolute atomic E-state index is 0.112. The van der Waals surface area contributed by atoms with E-state index in [-0.39, 0.29) is 6.10 Å². The van der Waals surface area contributed by atoms with Gasteiger partial charge in [0.1, 0.15) is 19.7 Å². The highest BCUT2D eigenvalue weighted by Gasteiger charge is 2.32. The molecule has 1 atom stereocenters. The predicted molar refractivity (Wildman–Crippen MR) is 79.3 cm³/mol. The van der Waals surface area contributed by atoms with Crippen LogP contribution in [0.4, 0.5) is 0 Å². The average Bonchev–Trinajstić information content (AvgIpc) is 2.49. The van der Waals surface area contributed by atoms with E-state index in [1.165, 1.54) is 0 Å². The Balaban J connectivity index is 1.91. The van der Waals surface area contributed by atoms with Crippen LogP contribution in [0.3, 0.4) is 0 Å².